The number of hydrogen-bond donors (Lipinski definition) is 0. The number of nitrogens with zero attached hydrogens (tertiary/aromatic N) is 1. The summed E-state index contributed by atoms with van der Waals surface area (Å²) in [5.74, 6) is 0.519. The van der Waals surface area contributed by atoms with E-state index in [0.717, 1.165) is 19.4 Å². The molecule has 0 bridgehead atoms. The molecule has 0 aromatic rings. The lowest BCUT2D eigenvalue weighted by Crippen LogP contribution is -2.49. The summed E-state index contributed by atoms with van der Waals surface area (Å²) in [6.07, 6.45) is 10.1. The van der Waals surface area contributed by atoms with Gasteiger partial charge in [0.05, 0.1) is 0 Å². The van der Waals surface area contributed by atoms with Crippen LogP contribution in [-0.4, -0.2) is 30.3 Å². The SMILES string of the molecule is CC(C)(C)C(=O)C1(CN2CCCCC2)CCCCC1. The monoisotopic (exact) mass is 265 g/mol. The standard InChI is InChI=1S/C17H31NO/c1-16(2,3)15(19)17(10-6-4-7-11-17)14-18-12-8-5-9-13-18/h4-14H2,1-3H3. The molecule has 0 amide bonds. The van der Waals surface area contributed by atoms with Crippen LogP contribution in [0.4, 0.5) is 0 Å². The van der Waals surface area contributed by atoms with E-state index in [9.17, 15) is 4.79 Å². The fourth-order valence-corrected chi connectivity index (χ4v) is 4.03. The predicted molar refractivity (Wildman–Crippen MR) is 80.3 cm³/mol. The van der Waals surface area contributed by atoms with Crippen molar-refractivity contribution in [2.75, 3.05) is 19.6 Å². The largest absolute Gasteiger partial charge is 0.302 e. The van der Waals surface area contributed by atoms with Crippen LogP contribution in [0.3, 0.4) is 0 Å². The molecule has 1 aliphatic heterocycles. The van der Waals surface area contributed by atoms with Gasteiger partial charge in [0, 0.05) is 17.4 Å². The molecule has 110 valence electrons. The summed E-state index contributed by atoms with van der Waals surface area (Å²) in [5.41, 5.74) is -0.221. The minimum Gasteiger partial charge on any atom is -0.302 e. The molecule has 1 saturated heterocycles. The first-order valence-electron chi connectivity index (χ1n) is 8.21. The molecule has 0 aromatic carbocycles. The molecule has 2 fully saturated rings. The fourth-order valence-electron chi connectivity index (χ4n) is 4.03. The zero-order valence-corrected chi connectivity index (χ0v) is 13.1. The summed E-state index contributed by atoms with van der Waals surface area (Å²) in [6, 6.07) is 0. The van der Waals surface area contributed by atoms with E-state index >= 15 is 0 Å². The summed E-state index contributed by atoms with van der Waals surface area (Å²) in [4.78, 5) is 15.6. The Balaban J connectivity index is 2.11. The average Bonchev–Trinajstić information content (AvgIpc) is 2.39. The third kappa shape index (κ3) is 3.59. The van der Waals surface area contributed by atoms with Crippen LogP contribution in [0.15, 0.2) is 0 Å². The lowest BCUT2D eigenvalue weighted by Gasteiger charge is -2.44. The smallest absolute Gasteiger partial charge is 0.145 e. The molecule has 2 nitrogen and oxygen atoms in total. The Morgan fingerprint density at radius 1 is 0.947 bits per heavy atom. The lowest BCUT2D eigenvalue weighted by atomic mass is 9.64. The Morgan fingerprint density at radius 3 is 2.00 bits per heavy atom. The summed E-state index contributed by atoms with van der Waals surface area (Å²) in [5, 5.41) is 0. The molecule has 1 saturated carbocycles. The van der Waals surface area contributed by atoms with Crippen molar-refractivity contribution >= 4 is 5.78 Å². The number of hydrogen-bond acceptors (Lipinski definition) is 2. The highest BCUT2D eigenvalue weighted by molar-refractivity contribution is 5.89. The molecule has 0 atom stereocenters. The van der Waals surface area contributed by atoms with Gasteiger partial charge >= 0.3 is 0 Å². The van der Waals surface area contributed by atoms with Crippen LogP contribution in [-0.2, 0) is 4.79 Å². The van der Waals surface area contributed by atoms with E-state index in [0.29, 0.717) is 5.78 Å². The normalized spacial score (nSPS) is 25.2. The van der Waals surface area contributed by atoms with Gasteiger partial charge in [-0.25, -0.2) is 0 Å². The lowest BCUT2D eigenvalue weighted by molar-refractivity contribution is -0.140. The molecule has 2 heteroatoms. The van der Waals surface area contributed by atoms with Crippen molar-refractivity contribution in [1.82, 2.24) is 4.90 Å². The molecule has 0 radical (unpaired) electrons. The summed E-state index contributed by atoms with van der Waals surface area (Å²) in [7, 11) is 0. The van der Waals surface area contributed by atoms with Crippen LogP contribution < -0.4 is 0 Å². The third-order valence-corrected chi connectivity index (χ3v) is 4.95. The molecule has 0 aromatic heterocycles. The molecule has 19 heavy (non-hydrogen) atoms. The quantitative estimate of drug-likeness (QED) is 0.767. The first kappa shape index (κ1) is 15.0. The Bertz CT molecular complexity index is 304. The first-order valence-corrected chi connectivity index (χ1v) is 8.21. The number of carbonyl (C=O) groups is 1. The minimum absolute atomic E-state index is 0.0339. The van der Waals surface area contributed by atoms with Crippen LogP contribution in [0.1, 0.15) is 72.1 Å². The van der Waals surface area contributed by atoms with Gasteiger partial charge in [0.1, 0.15) is 5.78 Å². The highest BCUT2D eigenvalue weighted by Gasteiger charge is 2.45. The van der Waals surface area contributed by atoms with Crippen molar-refractivity contribution in [2.45, 2.75) is 72.1 Å². The Labute approximate surface area is 118 Å². The zero-order chi connectivity index (χ0) is 13.9. The number of carbonyl (C=O) groups excluding carboxylic acids is 1. The molecule has 1 heterocycles. The molecule has 0 N–H and O–H groups in total. The van der Waals surface area contributed by atoms with E-state index < -0.39 is 0 Å². The molecule has 0 unspecified atom stereocenters. The van der Waals surface area contributed by atoms with Crippen LogP contribution in [0, 0.1) is 10.8 Å². The second-order valence-electron chi connectivity index (χ2n) is 7.76. The van der Waals surface area contributed by atoms with E-state index in [1.807, 2.05) is 0 Å². The van der Waals surface area contributed by atoms with Crippen LogP contribution in [0.25, 0.3) is 0 Å². The van der Waals surface area contributed by atoms with Gasteiger partial charge in [-0.05, 0) is 38.8 Å². The van der Waals surface area contributed by atoms with Crippen LogP contribution in [0.2, 0.25) is 0 Å². The number of piperidine rings is 1. The van der Waals surface area contributed by atoms with Gasteiger partial charge in [-0.1, -0.05) is 46.5 Å². The predicted octanol–water partition coefficient (Wildman–Crippen LogP) is 4.04. The van der Waals surface area contributed by atoms with Gasteiger partial charge in [0.2, 0.25) is 0 Å². The van der Waals surface area contributed by atoms with E-state index in [2.05, 4.69) is 25.7 Å². The highest BCUT2D eigenvalue weighted by atomic mass is 16.1. The fraction of sp³-hybridized carbons (Fsp3) is 0.941. The van der Waals surface area contributed by atoms with E-state index in [1.54, 1.807) is 0 Å². The van der Waals surface area contributed by atoms with E-state index in [-0.39, 0.29) is 10.8 Å². The van der Waals surface area contributed by atoms with Crippen molar-refractivity contribution in [3.63, 3.8) is 0 Å². The third-order valence-electron chi connectivity index (χ3n) is 4.95. The number of likely N-dealkylation sites (tertiary alicyclic amines) is 1. The molecule has 0 spiro atoms. The highest BCUT2D eigenvalue weighted by Crippen LogP contribution is 2.43. The maximum atomic E-state index is 13.0. The summed E-state index contributed by atoms with van der Waals surface area (Å²) >= 11 is 0. The van der Waals surface area contributed by atoms with E-state index in [4.69, 9.17) is 0 Å². The second kappa shape index (κ2) is 5.95. The molecule has 2 rings (SSSR count). The molecule has 1 aliphatic carbocycles. The van der Waals surface area contributed by atoms with Gasteiger partial charge in [-0.15, -0.1) is 0 Å². The Hall–Kier alpha value is -0.370. The van der Waals surface area contributed by atoms with Crippen molar-refractivity contribution < 1.29 is 4.79 Å². The van der Waals surface area contributed by atoms with Gasteiger partial charge in [-0.2, -0.15) is 0 Å². The van der Waals surface area contributed by atoms with Crippen molar-refractivity contribution in [1.29, 1.82) is 0 Å². The van der Waals surface area contributed by atoms with Gasteiger partial charge in [0.25, 0.3) is 0 Å². The number of Topliss-reactive ketones (excluding diaryl/α,β-unsaturated/α-hetero) is 1. The van der Waals surface area contributed by atoms with Crippen molar-refractivity contribution in [3.05, 3.63) is 0 Å². The van der Waals surface area contributed by atoms with Gasteiger partial charge in [-0.3, -0.25) is 4.79 Å². The first-order chi connectivity index (χ1) is 8.94. The van der Waals surface area contributed by atoms with E-state index in [1.165, 1.54) is 51.6 Å². The van der Waals surface area contributed by atoms with Crippen LogP contribution >= 0.6 is 0 Å². The molecular weight excluding hydrogens is 234 g/mol. The van der Waals surface area contributed by atoms with Crippen molar-refractivity contribution in [3.8, 4) is 0 Å². The second-order valence-corrected chi connectivity index (χ2v) is 7.76. The van der Waals surface area contributed by atoms with Gasteiger partial charge in [0.15, 0.2) is 0 Å². The van der Waals surface area contributed by atoms with Gasteiger partial charge < -0.3 is 4.90 Å². The zero-order valence-electron chi connectivity index (χ0n) is 13.1. The topological polar surface area (TPSA) is 20.3 Å². The Kier molecular flexibility index (Phi) is 4.70. The molecule has 2 aliphatic rings. The number of ketones is 1. The summed E-state index contributed by atoms with van der Waals surface area (Å²) in [6.45, 7) is 9.74. The van der Waals surface area contributed by atoms with Crippen molar-refractivity contribution in [2.24, 2.45) is 10.8 Å². The maximum Gasteiger partial charge on any atom is 0.145 e. The van der Waals surface area contributed by atoms with Crippen LogP contribution in [0.5, 0.6) is 0 Å². The number of rotatable bonds is 3. The molecular formula is C17H31NO. The minimum atomic E-state index is -0.187. The summed E-state index contributed by atoms with van der Waals surface area (Å²) < 4.78 is 0. The maximum absolute atomic E-state index is 13.0. The Morgan fingerprint density at radius 2 is 1.47 bits per heavy atom. The average molecular weight is 265 g/mol.